The lowest BCUT2D eigenvalue weighted by Gasteiger charge is -2.31. The molecular formula is C16H22N2O4. The number of carbonyl (C=O) groups is 2. The quantitative estimate of drug-likeness (QED) is 0.503. The lowest BCUT2D eigenvalue weighted by atomic mass is 9.94. The second kappa shape index (κ2) is 7.15. The maximum absolute atomic E-state index is 12.1. The average Bonchev–Trinajstić information content (AvgIpc) is 2.54. The van der Waals surface area contributed by atoms with E-state index in [1.165, 1.54) is 24.6 Å². The largest absolute Gasteiger partial charge is 0.508 e. The molecule has 0 bridgehead atoms. The van der Waals surface area contributed by atoms with Gasteiger partial charge in [0.2, 0.25) is 0 Å². The van der Waals surface area contributed by atoms with Crippen molar-refractivity contribution in [3.05, 3.63) is 23.8 Å². The van der Waals surface area contributed by atoms with E-state index in [2.05, 4.69) is 0 Å². The SMILES string of the molecule is CN(C(=O)COC(=O)c1cc(O)ccc1N)C1CCCCC1. The topological polar surface area (TPSA) is 92.9 Å². The van der Waals surface area contributed by atoms with Crippen LogP contribution in [-0.2, 0) is 9.53 Å². The van der Waals surface area contributed by atoms with Crippen molar-refractivity contribution in [2.75, 3.05) is 19.4 Å². The summed E-state index contributed by atoms with van der Waals surface area (Å²) < 4.78 is 5.02. The third-order valence-electron chi connectivity index (χ3n) is 4.10. The number of aromatic hydroxyl groups is 1. The zero-order valence-electron chi connectivity index (χ0n) is 12.7. The number of benzene rings is 1. The minimum atomic E-state index is -0.709. The predicted molar refractivity (Wildman–Crippen MR) is 82.4 cm³/mol. The molecule has 1 aliphatic rings. The zero-order valence-corrected chi connectivity index (χ0v) is 12.7. The van der Waals surface area contributed by atoms with E-state index in [0.717, 1.165) is 25.7 Å². The highest BCUT2D eigenvalue weighted by atomic mass is 16.5. The van der Waals surface area contributed by atoms with Crippen molar-refractivity contribution in [1.29, 1.82) is 0 Å². The Bertz CT molecular complexity index is 553. The van der Waals surface area contributed by atoms with Crippen molar-refractivity contribution in [1.82, 2.24) is 4.90 Å². The molecule has 0 radical (unpaired) electrons. The Morgan fingerprint density at radius 1 is 1.32 bits per heavy atom. The van der Waals surface area contributed by atoms with Crippen LogP contribution in [0, 0.1) is 0 Å². The second-order valence-corrected chi connectivity index (χ2v) is 5.64. The van der Waals surface area contributed by atoms with Gasteiger partial charge in [-0.05, 0) is 31.0 Å². The summed E-state index contributed by atoms with van der Waals surface area (Å²) in [5.41, 5.74) is 5.93. The fourth-order valence-electron chi connectivity index (χ4n) is 2.70. The fraction of sp³-hybridized carbons (Fsp3) is 0.500. The van der Waals surface area contributed by atoms with E-state index in [0.29, 0.717) is 0 Å². The van der Waals surface area contributed by atoms with Crippen LogP contribution in [0.2, 0.25) is 0 Å². The average molecular weight is 306 g/mol. The highest BCUT2D eigenvalue weighted by Crippen LogP contribution is 2.22. The lowest BCUT2D eigenvalue weighted by Crippen LogP contribution is -2.40. The lowest BCUT2D eigenvalue weighted by molar-refractivity contribution is -0.135. The van der Waals surface area contributed by atoms with Gasteiger partial charge in [-0.2, -0.15) is 0 Å². The van der Waals surface area contributed by atoms with Crippen molar-refractivity contribution in [3.8, 4) is 5.75 Å². The molecule has 1 aromatic rings. The van der Waals surface area contributed by atoms with Crippen LogP contribution in [0.15, 0.2) is 18.2 Å². The maximum atomic E-state index is 12.1. The number of likely N-dealkylation sites (N-methyl/N-ethyl adjacent to an activating group) is 1. The number of phenolic OH excluding ortho intramolecular Hbond substituents is 1. The van der Waals surface area contributed by atoms with Gasteiger partial charge in [0.25, 0.3) is 5.91 Å². The van der Waals surface area contributed by atoms with Gasteiger partial charge in [0.1, 0.15) is 5.75 Å². The third kappa shape index (κ3) is 3.90. The Hall–Kier alpha value is -2.24. The van der Waals surface area contributed by atoms with Gasteiger partial charge < -0.3 is 20.5 Å². The number of phenols is 1. The third-order valence-corrected chi connectivity index (χ3v) is 4.10. The van der Waals surface area contributed by atoms with E-state index in [4.69, 9.17) is 10.5 Å². The molecule has 22 heavy (non-hydrogen) atoms. The number of nitrogens with zero attached hydrogens (tertiary/aromatic N) is 1. The molecular weight excluding hydrogens is 284 g/mol. The molecule has 1 saturated carbocycles. The molecule has 0 saturated heterocycles. The van der Waals surface area contributed by atoms with Gasteiger partial charge in [0, 0.05) is 18.8 Å². The molecule has 1 aliphatic carbocycles. The minimum absolute atomic E-state index is 0.0631. The van der Waals surface area contributed by atoms with Crippen molar-refractivity contribution in [2.24, 2.45) is 0 Å². The van der Waals surface area contributed by atoms with Crippen molar-refractivity contribution in [2.45, 2.75) is 38.1 Å². The number of nitrogen functional groups attached to an aromatic ring is 1. The standard InChI is InChI=1S/C16H22N2O4/c1-18(11-5-3-2-4-6-11)15(20)10-22-16(21)13-9-12(19)7-8-14(13)17/h7-9,11,19H,2-6,10,17H2,1H3. The van der Waals surface area contributed by atoms with Crippen molar-refractivity contribution >= 4 is 17.6 Å². The number of hydrogen-bond donors (Lipinski definition) is 2. The Morgan fingerprint density at radius 3 is 2.68 bits per heavy atom. The summed E-state index contributed by atoms with van der Waals surface area (Å²) in [6, 6.07) is 4.26. The molecule has 0 spiro atoms. The number of hydrogen-bond acceptors (Lipinski definition) is 5. The number of anilines is 1. The van der Waals surface area contributed by atoms with Crippen LogP contribution < -0.4 is 5.73 Å². The summed E-state index contributed by atoms with van der Waals surface area (Å²) >= 11 is 0. The van der Waals surface area contributed by atoms with Crippen LogP contribution in [0.5, 0.6) is 5.75 Å². The smallest absolute Gasteiger partial charge is 0.340 e. The molecule has 2 rings (SSSR count). The summed E-state index contributed by atoms with van der Waals surface area (Å²) in [5.74, 6) is -1.01. The molecule has 0 atom stereocenters. The van der Waals surface area contributed by atoms with Crippen molar-refractivity contribution in [3.63, 3.8) is 0 Å². The Morgan fingerprint density at radius 2 is 2.00 bits per heavy atom. The number of nitrogens with two attached hydrogens (primary N) is 1. The molecule has 6 heteroatoms. The van der Waals surface area contributed by atoms with E-state index in [1.54, 1.807) is 11.9 Å². The first-order valence-corrected chi connectivity index (χ1v) is 7.50. The van der Waals surface area contributed by atoms with Crippen molar-refractivity contribution < 1.29 is 19.4 Å². The summed E-state index contributed by atoms with van der Waals surface area (Å²) in [4.78, 5) is 25.7. The van der Waals surface area contributed by atoms with Gasteiger partial charge in [-0.25, -0.2) is 4.79 Å². The first kappa shape index (κ1) is 16.1. The van der Waals surface area contributed by atoms with Gasteiger partial charge in [-0.1, -0.05) is 19.3 Å². The van der Waals surface area contributed by atoms with E-state index in [9.17, 15) is 14.7 Å². The summed E-state index contributed by atoms with van der Waals surface area (Å²) in [5, 5.41) is 9.38. The molecule has 1 aromatic carbocycles. The van der Waals surface area contributed by atoms with Gasteiger partial charge in [0.15, 0.2) is 6.61 Å². The highest BCUT2D eigenvalue weighted by molar-refractivity contribution is 5.96. The van der Waals surface area contributed by atoms with E-state index in [-0.39, 0.29) is 35.6 Å². The van der Waals surface area contributed by atoms with Crippen LogP contribution in [0.25, 0.3) is 0 Å². The molecule has 3 N–H and O–H groups in total. The maximum Gasteiger partial charge on any atom is 0.340 e. The summed E-state index contributed by atoms with van der Waals surface area (Å²) in [6.07, 6.45) is 5.46. The van der Waals surface area contributed by atoms with Crippen LogP contribution >= 0.6 is 0 Å². The summed E-state index contributed by atoms with van der Waals surface area (Å²) in [6.45, 7) is -0.319. The Kier molecular flexibility index (Phi) is 5.25. The van der Waals surface area contributed by atoms with Crippen LogP contribution in [0.4, 0.5) is 5.69 Å². The van der Waals surface area contributed by atoms with Gasteiger partial charge in [-0.3, -0.25) is 4.79 Å². The number of rotatable bonds is 4. The molecule has 0 unspecified atom stereocenters. The normalized spacial score (nSPS) is 15.3. The molecule has 0 aromatic heterocycles. The van der Waals surface area contributed by atoms with Gasteiger partial charge >= 0.3 is 5.97 Å². The molecule has 6 nitrogen and oxygen atoms in total. The Balaban J connectivity index is 1.90. The van der Waals surface area contributed by atoms with Crippen LogP contribution in [-0.4, -0.2) is 41.6 Å². The molecule has 0 aliphatic heterocycles. The molecule has 1 fully saturated rings. The van der Waals surface area contributed by atoms with Crippen LogP contribution in [0.3, 0.4) is 0 Å². The fourth-order valence-corrected chi connectivity index (χ4v) is 2.70. The Labute approximate surface area is 129 Å². The van der Waals surface area contributed by atoms with Crippen LogP contribution in [0.1, 0.15) is 42.5 Å². The van der Waals surface area contributed by atoms with Gasteiger partial charge in [0.05, 0.1) is 5.56 Å². The van der Waals surface area contributed by atoms with Gasteiger partial charge in [-0.15, -0.1) is 0 Å². The predicted octanol–water partition coefficient (Wildman–Crippen LogP) is 1.92. The summed E-state index contributed by atoms with van der Waals surface area (Å²) in [7, 11) is 1.74. The molecule has 120 valence electrons. The minimum Gasteiger partial charge on any atom is -0.508 e. The number of esters is 1. The number of carbonyl (C=O) groups excluding carboxylic acids is 2. The molecule has 0 heterocycles. The highest BCUT2D eigenvalue weighted by Gasteiger charge is 2.23. The first-order chi connectivity index (χ1) is 10.5. The first-order valence-electron chi connectivity index (χ1n) is 7.50. The monoisotopic (exact) mass is 306 g/mol. The van der Waals surface area contributed by atoms with E-state index >= 15 is 0 Å². The second-order valence-electron chi connectivity index (χ2n) is 5.64. The number of ether oxygens (including phenoxy) is 1. The zero-order chi connectivity index (χ0) is 16.1. The van der Waals surface area contributed by atoms with E-state index in [1.807, 2.05) is 0 Å². The van der Waals surface area contributed by atoms with E-state index < -0.39 is 5.97 Å². The molecule has 1 amide bonds. The number of amides is 1.